The summed E-state index contributed by atoms with van der Waals surface area (Å²) < 4.78 is 0. The van der Waals surface area contributed by atoms with E-state index in [9.17, 15) is 0 Å². The molecular weight excluding hydrogens is 293 g/mol. The molecule has 2 heterocycles. The van der Waals surface area contributed by atoms with Crippen LogP contribution in [0.5, 0.6) is 0 Å². The monoisotopic (exact) mass is 315 g/mol. The molecule has 3 rings (SSSR count). The Morgan fingerprint density at radius 3 is 2.60 bits per heavy atom. The SMILES string of the molecule is CN1CCC(c2c[nH]c3ccc(CN)cc23)CC1.Cl.Cl. The van der Waals surface area contributed by atoms with Crippen LogP contribution in [0.3, 0.4) is 0 Å². The lowest BCUT2D eigenvalue weighted by molar-refractivity contribution is 0.256. The van der Waals surface area contributed by atoms with E-state index in [4.69, 9.17) is 5.73 Å². The van der Waals surface area contributed by atoms with Crippen molar-refractivity contribution in [2.45, 2.75) is 25.3 Å². The second-order valence-electron chi connectivity index (χ2n) is 5.41. The van der Waals surface area contributed by atoms with E-state index in [1.54, 1.807) is 0 Å². The first-order chi connectivity index (χ1) is 8.78. The van der Waals surface area contributed by atoms with E-state index in [2.05, 4.69) is 41.3 Å². The van der Waals surface area contributed by atoms with E-state index in [-0.39, 0.29) is 24.8 Å². The fourth-order valence-electron chi connectivity index (χ4n) is 2.97. The van der Waals surface area contributed by atoms with Crippen molar-refractivity contribution in [1.29, 1.82) is 0 Å². The van der Waals surface area contributed by atoms with E-state index >= 15 is 0 Å². The smallest absolute Gasteiger partial charge is 0.0457 e. The molecule has 1 fully saturated rings. The lowest BCUT2D eigenvalue weighted by atomic mass is 9.89. The molecule has 0 atom stereocenters. The van der Waals surface area contributed by atoms with Gasteiger partial charge in [0.05, 0.1) is 0 Å². The standard InChI is InChI=1S/C15H21N3.2ClH/c1-18-6-4-12(5-7-18)14-10-17-15-3-2-11(9-16)8-13(14)15;;/h2-3,8,10,12,17H,4-7,9,16H2,1H3;2*1H. The predicted octanol–water partition coefficient (Wildman–Crippen LogP) is 3.28. The van der Waals surface area contributed by atoms with Crippen molar-refractivity contribution in [3.8, 4) is 0 Å². The first kappa shape index (κ1) is 17.3. The number of fused-ring (bicyclic) bond motifs is 1. The van der Waals surface area contributed by atoms with E-state index in [0.29, 0.717) is 12.5 Å². The molecule has 0 saturated carbocycles. The molecule has 3 nitrogen and oxygen atoms in total. The summed E-state index contributed by atoms with van der Waals surface area (Å²) in [5.41, 5.74) is 9.68. The number of benzene rings is 1. The van der Waals surface area contributed by atoms with Crippen molar-refractivity contribution in [2.24, 2.45) is 5.73 Å². The fourth-order valence-corrected chi connectivity index (χ4v) is 2.97. The Labute approximate surface area is 132 Å². The Kier molecular flexibility index (Phi) is 6.34. The fraction of sp³-hybridized carbons (Fsp3) is 0.467. The van der Waals surface area contributed by atoms with Gasteiger partial charge in [0.15, 0.2) is 0 Å². The normalized spacial score (nSPS) is 16.7. The number of piperidine rings is 1. The van der Waals surface area contributed by atoms with Crippen molar-refractivity contribution in [3.05, 3.63) is 35.5 Å². The Bertz CT molecular complexity index is 545. The lowest BCUT2D eigenvalue weighted by Gasteiger charge is -2.28. The van der Waals surface area contributed by atoms with E-state index in [1.807, 2.05) is 0 Å². The molecular formula is C15H23Cl2N3. The zero-order valence-electron chi connectivity index (χ0n) is 11.8. The summed E-state index contributed by atoms with van der Waals surface area (Å²) in [5.74, 6) is 0.697. The first-order valence-corrected chi connectivity index (χ1v) is 6.76. The summed E-state index contributed by atoms with van der Waals surface area (Å²) in [6.07, 6.45) is 4.72. The van der Waals surface area contributed by atoms with Gasteiger partial charge in [-0.1, -0.05) is 6.07 Å². The van der Waals surface area contributed by atoms with Gasteiger partial charge in [-0.2, -0.15) is 0 Å². The highest BCUT2D eigenvalue weighted by Crippen LogP contribution is 2.33. The van der Waals surface area contributed by atoms with Crippen molar-refractivity contribution in [2.75, 3.05) is 20.1 Å². The number of rotatable bonds is 2. The van der Waals surface area contributed by atoms with Gasteiger partial charge < -0.3 is 15.6 Å². The van der Waals surface area contributed by atoms with Crippen LogP contribution in [0.1, 0.15) is 29.9 Å². The van der Waals surface area contributed by atoms with E-state index in [0.717, 1.165) is 0 Å². The van der Waals surface area contributed by atoms with Gasteiger partial charge in [0.25, 0.3) is 0 Å². The van der Waals surface area contributed by atoms with Gasteiger partial charge >= 0.3 is 0 Å². The number of hydrogen-bond donors (Lipinski definition) is 2. The van der Waals surface area contributed by atoms with Crippen LogP contribution in [0.2, 0.25) is 0 Å². The van der Waals surface area contributed by atoms with E-state index in [1.165, 1.54) is 48.0 Å². The Morgan fingerprint density at radius 1 is 1.25 bits per heavy atom. The van der Waals surface area contributed by atoms with Crippen LogP contribution >= 0.6 is 24.8 Å². The molecule has 3 N–H and O–H groups in total. The zero-order valence-corrected chi connectivity index (χ0v) is 13.4. The summed E-state index contributed by atoms with van der Waals surface area (Å²) in [6.45, 7) is 3.02. The average Bonchev–Trinajstić information content (AvgIpc) is 2.82. The molecule has 1 aromatic carbocycles. The van der Waals surface area contributed by atoms with Crippen LogP contribution in [-0.4, -0.2) is 30.0 Å². The van der Waals surface area contributed by atoms with Gasteiger partial charge in [0.2, 0.25) is 0 Å². The molecule has 5 heteroatoms. The van der Waals surface area contributed by atoms with Gasteiger partial charge in [0.1, 0.15) is 0 Å². The number of hydrogen-bond acceptors (Lipinski definition) is 2. The summed E-state index contributed by atoms with van der Waals surface area (Å²) in [4.78, 5) is 5.81. The van der Waals surface area contributed by atoms with Crippen LogP contribution in [-0.2, 0) is 6.54 Å². The number of nitrogens with zero attached hydrogens (tertiary/aromatic N) is 1. The van der Waals surface area contributed by atoms with Gasteiger partial charge in [0, 0.05) is 23.6 Å². The minimum absolute atomic E-state index is 0. The number of nitrogens with two attached hydrogens (primary N) is 1. The number of nitrogens with one attached hydrogen (secondary N) is 1. The van der Waals surface area contributed by atoms with Gasteiger partial charge in [-0.25, -0.2) is 0 Å². The highest BCUT2D eigenvalue weighted by molar-refractivity contribution is 5.86. The molecule has 0 unspecified atom stereocenters. The van der Waals surface area contributed by atoms with Gasteiger partial charge in [-0.15, -0.1) is 24.8 Å². The summed E-state index contributed by atoms with van der Waals surface area (Å²) >= 11 is 0. The Morgan fingerprint density at radius 2 is 1.95 bits per heavy atom. The number of aromatic amines is 1. The minimum Gasteiger partial charge on any atom is -0.361 e. The van der Waals surface area contributed by atoms with Crippen LogP contribution in [0.4, 0.5) is 0 Å². The highest BCUT2D eigenvalue weighted by atomic mass is 35.5. The van der Waals surface area contributed by atoms with E-state index < -0.39 is 0 Å². The Hall–Kier alpha value is -0.740. The highest BCUT2D eigenvalue weighted by Gasteiger charge is 2.20. The maximum Gasteiger partial charge on any atom is 0.0457 e. The third-order valence-electron chi connectivity index (χ3n) is 4.17. The molecule has 2 aromatic rings. The van der Waals surface area contributed by atoms with Crippen LogP contribution in [0.15, 0.2) is 24.4 Å². The minimum atomic E-state index is 0. The second-order valence-corrected chi connectivity index (χ2v) is 5.41. The van der Waals surface area contributed by atoms with Crippen molar-refractivity contribution < 1.29 is 0 Å². The maximum absolute atomic E-state index is 5.74. The first-order valence-electron chi connectivity index (χ1n) is 6.76. The summed E-state index contributed by atoms with van der Waals surface area (Å²) in [5, 5.41) is 1.37. The lowest BCUT2D eigenvalue weighted by Crippen LogP contribution is -2.29. The van der Waals surface area contributed by atoms with Crippen LogP contribution < -0.4 is 5.73 Å². The van der Waals surface area contributed by atoms with Crippen molar-refractivity contribution in [1.82, 2.24) is 9.88 Å². The topological polar surface area (TPSA) is 45.0 Å². The zero-order chi connectivity index (χ0) is 12.5. The van der Waals surface area contributed by atoms with Gasteiger partial charge in [-0.3, -0.25) is 0 Å². The number of halogens is 2. The van der Waals surface area contributed by atoms with Crippen LogP contribution in [0.25, 0.3) is 10.9 Å². The molecule has 0 amide bonds. The number of aromatic nitrogens is 1. The summed E-state index contributed by atoms with van der Waals surface area (Å²) in [6, 6.07) is 6.51. The van der Waals surface area contributed by atoms with Gasteiger partial charge in [-0.05, 0) is 62.2 Å². The largest absolute Gasteiger partial charge is 0.361 e. The molecule has 20 heavy (non-hydrogen) atoms. The van der Waals surface area contributed by atoms with Crippen molar-refractivity contribution >= 4 is 35.7 Å². The molecule has 0 bridgehead atoms. The molecule has 1 aliphatic heterocycles. The quantitative estimate of drug-likeness (QED) is 0.893. The molecule has 0 radical (unpaired) electrons. The molecule has 1 saturated heterocycles. The average molecular weight is 316 g/mol. The van der Waals surface area contributed by atoms with Crippen LogP contribution in [0, 0.1) is 0 Å². The Balaban J connectivity index is 0.000001000. The molecule has 1 aliphatic rings. The summed E-state index contributed by atoms with van der Waals surface area (Å²) in [7, 11) is 2.21. The molecule has 0 spiro atoms. The number of likely N-dealkylation sites (tertiary alicyclic amines) is 1. The second kappa shape index (κ2) is 7.32. The molecule has 0 aliphatic carbocycles. The predicted molar refractivity (Wildman–Crippen MR) is 90.2 cm³/mol. The molecule has 112 valence electrons. The van der Waals surface area contributed by atoms with Crippen molar-refractivity contribution in [3.63, 3.8) is 0 Å². The molecule has 1 aromatic heterocycles. The third-order valence-corrected chi connectivity index (χ3v) is 4.17. The number of H-pyrrole nitrogens is 1. The maximum atomic E-state index is 5.74. The third kappa shape index (κ3) is 3.29.